The fourth-order valence-corrected chi connectivity index (χ4v) is 3.59. The van der Waals surface area contributed by atoms with Crippen molar-refractivity contribution in [3.05, 3.63) is 0 Å². The number of piperidine rings is 2. The Morgan fingerprint density at radius 3 is 2.45 bits per heavy atom. The summed E-state index contributed by atoms with van der Waals surface area (Å²) in [5, 5.41) is 3.83. The molecular formula is C15H29N3OS. The van der Waals surface area contributed by atoms with Crippen LogP contribution in [0, 0.1) is 5.92 Å². The summed E-state index contributed by atoms with van der Waals surface area (Å²) >= 11 is 4.54. The monoisotopic (exact) mass is 299 g/mol. The van der Waals surface area contributed by atoms with Crippen LogP contribution in [0.15, 0.2) is 0 Å². The Bertz CT molecular complexity index is 310. The second-order valence-electron chi connectivity index (χ2n) is 6.34. The highest BCUT2D eigenvalue weighted by molar-refractivity contribution is 7.80. The number of amides is 1. The van der Waals surface area contributed by atoms with Gasteiger partial charge in [-0.15, -0.1) is 0 Å². The lowest BCUT2D eigenvalue weighted by molar-refractivity contribution is -0.134. The first-order valence-corrected chi connectivity index (χ1v) is 8.46. The van der Waals surface area contributed by atoms with E-state index in [1.807, 2.05) is 11.9 Å². The first-order chi connectivity index (χ1) is 9.58. The molecule has 2 fully saturated rings. The molecule has 1 atom stereocenters. The third kappa shape index (κ3) is 4.37. The number of nitrogens with one attached hydrogen (secondary N) is 1. The molecule has 0 spiro atoms. The fourth-order valence-electron chi connectivity index (χ4n) is 3.29. The molecule has 5 heteroatoms. The first kappa shape index (κ1) is 16.1. The van der Waals surface area contributed by atoms with E-state index in [9.17, 15) is 4.79 Å². The highest BCUT2D eigenvalue weighted by Crippen LogP contribution is 2.23. The van der Waals surface area contributed by atoms with Crippen LogP contribution in [-0.2, 0) is 4.79 Å². The third-order valence-corrected chi connectivity index (χ3v) is 5.34. The quantitative estimate of drug-likeness (QED) is 0.767. The van der Waals surface area contributed by atoms with E-state index < -0.39 is 0 Å². The van der Waals surface area contributed by atoms with Crippen LogP contribution < -0.4 is 5.32 Å². The number of carbonyl (C=O) groups is 1. The van der Waals surface area contributed by atoms with Crippen LogP contribution in [0.3, 0.4) is 0 Å². The summed E-state index contributed by atoms with van der Waals surface area (Å²) in [7, 11) is 1.97. The lowest BCUT2D eigenvalue weighted by Gasteiger charge is -2.36. The summed E-state index contributed by atoms with van der Waals surface area (Å²) in [5.41, 5.74) is 0. The summed E-state index contributed by atoms with van der Waals surface area (Å²) in [4.78, 5) is 16.7. The second-order valence-corrected chi connectivity index (χ2v) is 7.15. The predicted molar refractivity (Wildman–Crippen MR) is 86.3 cm³/mol. The van der Waals surface area contributed by atoms with Gasteiger partial charge in [0.2, 0.25) is 5.91 Å². The van der Waals surface area contributed by atoms with Crippen molar-refractivity contribution in [3.8, 4) is 0 Å². The number of likely N-dealkylation sites (tertiary alicyclic amines) is 1. The van der Waals surface area contributed by atoms with Gasteiger partial charge in [0, 0.05) is 18.3 Å². The van der Waals surface area contributed by atoms with Gasteiger partial charge in [-0.05, 0) is 57.8 Å². The lowest BCUT2D eigenvalue weighted by atomic mass is 9.94. The normalized spacial score (nSPS) is 24.6. The van der Waals surface area contributed by atoms with E-state index in [1.54, 1.807) is 0 Å². The highest BCUT2D eigenvalue weighted by atomic mass is 32.1. The minimum atomic E-state index is 0.286. The molecule has 20 heavy (non-hydrogen) atoms. The smallest absolute Gasteiger partial charge is 0.236 e. The first-order valence-electron chi connectivity index (χ1n) is 7.94. The van der Waals surface area contributed by atoms with Gasteiger partial charge in [-0.1, -0.05) is 6.92 Å². The largest absolute Gasteiger partial charge is 0.342 e. The number of thiol groups is 1. The molecular weight excluding hydrogens is 270 g/mol. The van der Waals surface area contributed by atoms with E-state index in [1.165, 1.54) is 12.8 Å². The molecule has 2 rings (SSSR count). The predicted octanol–water partition coefficient (Wildman–Crippen LogP) is 1.23. The van der Waals surface area contributed by atoms with Crippen LogP contribution in [0.5, 0.6) is 0 Å². The van der Waals surface area contributed by atoms with E-state index in [0.717, 1.165) is 39.0 Å². The van der Waals surface area contributed by atoms with Crippen molar-refractivity contribution < 1.29 is 4.79 Å². The van der Waals surface area contributed by atoms with Crippen molar-refractivity contribution in [1.82, 2.24) is 15.1 Å². The summed E-state index contributed by atoms with van der Waals surface area (Å²) < 4.78 is 0. The van der Waals surface area contributed by atoms with Gasteiger partial charge in [-0.3, -0.25) is 9.69 Å². The van der Waals surface area contributed by atoms with Crippen molar-refractivity contribution >= 4 is 18.5 Å². The summed E-state index contributed by atoms with van der Waals surface area (Å²) in [6.07, 6.45) is 4.52. The molecule has 0 saturated carbocycles. The molecule has 1 N–H and O–H groups in total. The Morgan fingerprint density at radius 2 is 1.90 bits per heavy atom. The van der Waals surface area contributed by atoms with Crippen LogP contribution in [0.2, 0.25) is 0 Å². The molecule has 116 valence electrons. The summed E-state index contributed by atoms with van der Waals surface area (Å²) in [6.45, 7) is 6.93. The van der Waals surface area contributed by atoms with E-state index in [0.29, 0.717) is 23.8 Å². The van der Waals surface area contributed by atoms with Gasteiger partial charge in [0.1, 0.15) is 0 Å². The summed E-state index contributed by atoms with van der Waals surface area (Å²) in [6, 6.07) is 0.429. The second kappa shape index (κ2) is 7.66. The minimum absolute atomic E-state index is 0.286. The molecule has 0 aromatic heterocycles. The Labute approximate surface area is 128 Å². The average molecular weight is 299 g/mol. The molecule has 2 aliphatic heterocycles. The Balaban J connectivity index is 1.74. The van der Waals surface area contributed by atoms with Crippen LogP contribution in [0.4, 0.5) is 0 Å². The van der Waals surface area contributed by atoms with Crippen molar-refractivity contribution in [2.75, 3.05) is 39.8 Å². The molecule has 0 aliphatic carbocycles. The van der Waals surface area contributed by atoms with Crippen molar-refractivity contribution in [2.24, 2.45) is 5.92 Å². The van der Waals surface area contributed by atoms with Crippen molar-refractivity contribution in [1.29, 1.82) is 0 Å². The topological polar surface area (TPSA) is 35.6 Å². The number of nitrogens with zero attached hydrogens (tertiary/aromatic N) is 2. The maximum absolute atomic E-state index is 12.4. The molecule has 0 bridgehead atoms. The van der Waals surface area contributed by atoms with Gasteiger partial charge < -0.3 is 10.2 Å². The van der Waals surface area contributed by atoms with E-state index >= 15 is 0 Å². The van der Waals surface area contributed by atoms with E-state index in [2.05, 4.69) is 29.8 Å². The molecule has 1 unspecified atom stereocenters. The maximum Gasteiger partial charge on any atom is 0.236 e. The van der Waals surface area contributed by atoms with Gasteiger partial charge >= 0.3 is 0 Å². The number of carbonyl (C=O) groups excluding carboxylic acids is 1. The van der Waals surface area contributed by atoms with Crippen LogP contribution in [0.25, 0.3) is 0 Å². The van der Waals surface area contributed by atoms with Crippen LogP contribution >= 0.6 is 12.6 Å². The van der Waals surface area contributed by atoms with Crippen molar-refractivity contribution in [2.45, 2.75) is 43.9 Å². The van der Waals surface area contributed by atoms with Crippen molar-refractivity contribution in [3.63, 3.8) is 0 Å². The molecule has 4 nitrogen and oxygen atoms in total. The molecule has 2 heterocycles. The Morgan fingerprint density at radius 1 is 1.30 bits per heavy atom. The number of hydrogen-bond donors (Lipinski definition) is 2. The Hall–Kier alpha value is -0.260. The van der Waals surface area contributed by atoms with Gasteiger partial charge in [0.05, 0.1) is 6.54 Å². The van der Waals surface area contributed by atoms with Gasteiger partial charge in [0.15, 0.2) is 0 Å². The van der Waals surface area contributed by atoms with Gasteiger partial charge in [-0.25, -0.2) is 0 Å². The molecule has 0 aromatic carbocycles. The zero-order valence-corrected chi connectivity index (χ0v) is 13.7. The molecule has 1 amide bonds. The van der Waals surface area contributed by atoms with Gasteiger partial charge in [-0.2, -0.15) is 12.6 Å². The minimum Gasteiger partial charge on any atom is -0.342 e. The highest BCUT2D eigenvalue weighted by Gasteiger charge is 2.26. The zero-order chi connectivity index (χ0) is 14.5. The molecule has 0 aromatic rings. The fraction of sp³-hybridized carbons (Fsp3) is 0.933. The van der Waals surface area contributed by atoms with E-state index in [4.69, 9.17) is 0 Å². The number of likely N-dealkylation sites (N-methyl/N-ethyl adjacent to an activating group) is 1. The van der Waals surface area contributed by atoms with E-state index in [-0.39, 0.29) is 5.91 Å². The SMILES string of the molecule is CC(S)C1CCN(CC(=O)N(C)C2CCNCC2)CC1. The van der Waals surface area contributed by atoms with Gasteiger partial charge in [0.25, 0.3) is 0 Å². The third-order valence-electron chi connectivity index (χ3n) is 4.92. The molecule has 2 aliphatic rings. The number of rotatable bonds is 4. The molecule has 0 radical (unpaired) electrons. The zero-order valence-electron chi connectivity index (χ0n) is 12.8. The average Bonchev–Trinajstić information content (AvgIpc) is 2.48. The molecule has 2 saturated heterocycles. The Kier molecular flexibility index (Phi) is 6.18. The van der Waals surface area contributed by atoms with Crippen LogP contribution in [-0.4, -0.2) is 66.8 Å². The standard InChI is InChI=1S/C15H29N3OS/c1-12(20)13-5-9-18(10-6-13)11-15(19)17(2)14-3-7-16-8-4-14/h12-14,16,20H,3-11H2,1-2H3. The number of hydrogen-bond acceptors (Lipinski definition) is 4. The summed E-state index contributed by atoms with van der Waals surface area (Å²) in [5.74, 6) is 1.00. The van der Waals surface area contributed by atoms with Crippen LogP contribution in [0.1, 0.15) is 32.6 Å². The lowest BCUT2D eigenvalue weighted by Crippen LogP contribution is -2.48. The maximum atomic E-state index is 12.4.